The van der Waals surface area contributed by atoms with Crippen LogP contribution in [0.1, 0.15) is 10.5 Å². The Bertz CT molecular complexity index is 1370. The first kappa shape index (κ1) is 17.7. The summed E-state index contributed by atoms with van der Waals surface area (Å²) in [4.78, 5) is 36.3. The van der Waals surface area contributed by atoms with Crippen LogP contribution in [-0.2, 0) is 0 Å². The van der Waals surface area contributed by atoms with Crippen LogP contribution in [0.3, 0.4) is 0 Å². The van der Waals surface area contributed by atoms with Gasteiger partial charge in [-0.05, 0) is 24.3 Å². The maximum atomic E-state index is 12.8. The Balaban J connectivity index is 1.78. The standard InChI is InChI=1S/C20H15N5O5/c1-28-12-4-2-3-10(7-12)18-22-15(17(21)26)16-19(24-18)25(20(27)23-16)11-5-6-13-14(8-11)30-9-29-13/h2-8H,9H2,1H3,(H2,21,26)(H,23,27). The van der Waals surface area contributed by atoms with Crippen LogP contribution in [0.4, 0.5) is 0 Å². The lowest BCUT2D eigenvalue weighted by atomic mass is 10.2. The third kappa shape index (κ3) is 2.73. The van der Waals surface area contributed by atoms with Gasteiger partial charge in [-0.15, -0.1) is 0 Å². The number of fused-ring (bicyclic) bond motifs is 2. The van der Waals surface area contributed by atoms with Gasteiger partial charge in [0.05, 0.1) is 12.8 Å². The topological polar surface area (TPSA) is 134 Å². The highest BCUT2D eigenvalue weighted by Gasteiger charge is 2.22. The number of nitrogens with two attached hydrogens (primary N) is 1. The molecular weight excluding hydrogens is 390 g/mol. The lowest BCUT2D eigenvalue weighted by molar-refractivity contribution is 0.0997. The first-order chi connectivity index (χ1) is 14.5. The molecule has 0 aliphatic carbocycles. The molecule has 5 rings (SSSR count). The molecule has 10 heteroatoms. The Labute approximate surface area is 168 Å². The van der Waals surface area contributed by atoms with E-state index in [1.165, 1.54) is 4.57 Å². The summed E-state index contributed by atoms with van der Waals surface area (Å²) in [6, 6.07) is 12.1. The van der Waals surface area contributed by atoms with Crippen molar-refractivity contribution in [1.82, 2.24) is 19.5 Å². The summed E-state index contributed by atoms with van der Waals surface area (Å²) in [6.45, 7) is 0.107. The van der Waals surface area contributed by atoms with Crippen molar-refractivity contribution in [2.45, 2.75) is 0 Å². The maximum Gasteiger partial charge on any atom is 0.332 e. The highest BCUT2D eigenvalue weighted by atomic mass is 16.7. The number of ether oxygens (including phenoxy) is 3. The number of rotatable bonds is 4. The number of nitrogens with zero attached hydrogens (tertiary/aromatic N) is 3. The largest absolute Gasteiger partial charge is 0.497 e. The molecule has 150 valence electrons. The Morgan fingerprint density at radius 1 is 1.17 bits per heavy atom. The number of primary amides is 1. The first-order valence-electron chi connectivity index (χ1n) is 8.92. The van der Waals surface area contributed by atoms with Gasteiger partial charge in [-0.1, -0.05) is 12.1 Å². The van der Waals surface area contributed by atoms with Gasteiger partial charge in [0.25, 0.3) is 5.91 Å². The Morgan fingerprint density at radius 2 is 2.00 bits per heavy atom. The molecule has 0 fully saturated rings. The SMILES string of the molecule is COc1cccc(-c2nc(C(N)=O)c3[nH]c(=O)n(-c4ccc5c(c4)OCO5)c3n2)c1. The molecule has 3 heterocycles. The van der Waals surface area contributed by atoms with Gasteiger partial charge >= 0.3 is 5.69 Å². The van der Waals surface area contributed by atoms with Crippen LogP contribution in [0.25, 0.3) is 28.2 Å². The van der Waals surface area contributed by atoms with Crippen LogP contribution in [0.15, 0.2) is 47.3 Å². The second-order valence-corrected chi connectivity index (χ2v) is 6.49. The van der Waals surface area contributed by atoms with Crippen molar-refractivity contribution in [1.29, 1.82) is 0 Å². The van der Waals surface area contributed by atoms with E-state index in [0.717, 1.165) is 0 Å². The van der Waals surface area contributed by atoms with Gasteiger partial charge in [-0.2, -0.15) is 0 Å². The Kier molecular flexibility index (Phi) is 3.91. The molecule has 0 spiro atoms. The number of methoxy groups -OCH3 is 1. The number of amides is 1. The number of aromatic amines is 1. The second-order valence-electron chi connectivity index (χ2n) is 6.49. The van der Waals surface area contributed by atoms with Gasteiger partial charge in [-0.3, -0.25) is 4.79 Å². The molecule has 0 atom stereocenters. The molecule has 10 nitrogen and oxygen atoms in total. The van der Waals surface area contributed by atoms with E-state index in [1.54, 1.807) is 49.6 Å². The summed E-state index contributed by atoms with van der Waals surface area (Å²) in [6.07, 6.45) is 0. The number of imidazole rings is 1. The minimum Gasteiger partial charge on any atom is -0.497 e. The summed E-state index contributed by atoms with van der Waals surface area (Å²) in [5.74, 6) is 1.12. The molecule has 0 saturated carbocycles. The van der Waals surface area contributed by atoms with Crippen LogP contribution >= 0.6 is 0 Å². The molecule has 0 unspecified atom stereocenters. The summed E-state index contributed by atoms with van der Waals surface area (Å²) in [7, 11) is 1.54. The van der Waals surface area contributed by atoms with E-state index in [4.69, 9.17) is 19.9 Å². The van der Waals surface area contributed by atoms with Crippen molar-refractivity contribution in [3.05, 3.63) is 58.6 Å². The number of hydrogen-bond donors (Lipinski definition) is 2. The van der Waals surface area contributed by atoms with E-state index < -0.39 is 11.6 Å². The average molecular weight is 405 g/mol. The zero-order valence-electron chi connectivity index (χ0n) is 15.7. The van der Waals surface area contributed by atoms with Gasteiger partial charge in [-0.25, -0.2) is 19.3 Å². The van der Waals surface area contributed by atoms with Crippen molar-refractivity contribution in [2.75, 3.05) is 13.9 Å². The zero-order valence-corrected chi connectivity index (χ0v) is 15.7. The Hall–Kier alpha value is -4.34. The molecule has 3 N–H and O–H groups in total. The highest BCUT2D eigenvalue weighted by Crippen LogP contribution is 2.34. The minimum atomic E-state index is -0.786. The Morgan fingerprint density at radius 3 is 2.80 bits per heavy atom. The number of benzene rings is 2. The van der Waals surface area contributed by atoms with Gasteiger partial charge in [0, 0.05) is 11.6 Å². The maximum absolute atomic E-state index is 12.8. The third-order valence-electron chi connectivity index (χ3n) is 4.71. The summed E-state index contributed by atoms with van der Waals surface area (Å²) < 4.78 is 17.3. The van der Waals surface area contributed by atoms with E-state index in [2.05, 4.69) is 15.0 Å². The zero-order chi connectivity index (χ0) is 20.8. The predicted octanol–water partition coefficient (Wildman–Crippen LogP) is 1.61. The highest BCUT2D eigenvalue weighted by molar-refractivity contribution is 6.02. The average Bonchev–Trinajstić information content (AvgIpc) is 3.35. The van der Waals surface area contributed by atoms with Crippen LogP contribution in [0.2, 0.25) is 0 Å². The fraction of sp³-hybridized carbons (Fsp3) is 0.100. The van der Waals surface area contributed by atoms with Gasteiger partial charge in [0.1, 0.15) is 11.3 Å². The number of nitrogens with one attached hydrogen (secondary N) is 1. The fourth-order valence-electron chi connectivity index (χ4n) is 3.32. The first-order valence-corrected chi connectivity index (χ1v) is 8.92. The van der Waals surface area contributed by atoms with Crippen molar-refractivity contribution >= 4 is 17.1 Å². The normalized spacial score (nSPS) is 12.3. The summed E-state index contributed by atoms with van der Waals surface area (Å²) in [5.41, 5.74) is 6.39. The number of aromatic nitrogens is 4. The van der Waals surface area contributed by atoms with E-state index in [1.807, 2.05) is 0 Å². The third-order valence-corrected chi connectivity index (χ3v) is 4.71. The van der Waals surface area contributed by atoms with Crippen LogP contribution in [0, 0.1) is 0 Å². The predicted molar refractivity (Wildman–Crippen MR) is 106 cm³/mol. The molecular formula is C20H15N5O5. The molecule has 0 radical (unpaired) electrons. The molecule has 2 aromatic carbocycles. The van der Waals surface area contributed by atoms with Crippen molar-refractivity contribution in [3.63, 3.8) is 0 Å². The molecule has 0 bridgehead atoms. The molecule has 30 heavy (non-hydrogen) atoms. The quantitative estimate of drug-likeness (QED) is 0.527. The van der Waals surface area contributed by atoms with Gasteiger partial charge < -0.3 is 24.9 Å². The molecule has 2 aromatic heterocycles. The van der Waals surface area contributed by atoms with E-state index in [-0.39, 0.29) is 29.5 Å². The van der Waals surface area contributed by atoms with Gasteiger partial charge in [0.15, 0.2) is 28.7 Å². The molecule has 4 aromatic rings. The molecule has 1 aliphatic rings. The lowest BCUT2D eigenvalue weighted by Gasteiger charge is -2.08. The van der Waals surface area contributed by atoms with Crippen molar-refractivity contribution in [3.8, 4) is 34.3 Å². The number of carbonyl (C=O) groups excluding carboxylic acids is 1. The number of H-pyrrole nitrogens is 1. The van der Waals surface area contributed by atoms with Crippen molar-refractivity contribution < 1.29 is 19.0 Å². The smallest absolute Gasteiger partial charge is 0.332 e. The van der Waals surface area contributed by atoms with E-state index >= 15 is 0 Å². The minimum absolute atomic E-state index is 0.0885. The van der Waals surface area contributed by atoms with E-state index in [9.17, 15) is 9.59 Å². The molecule has 1 aliphatic heterocycles. The van der Waals surface area contributed by atoms with Crippen LogP contribution < -0.4 is 25.6 Å². The fourth-order valence-corrected chi connectivity index (χ4v) is 3.32. The van der Waals surface area contributed by atoms with Gasteiger partial charge in [0.2, 0.25) is 6.79 Å². The van der Waals surface area contributed by atoms with Crippen molar-refractivity contribution in [2.24, 2.45) is 5.73 Å². The molecule has 1 amide bonds. The molecule has 0 saturated heterocycles. The number of carbonyl (C=O) groups is 1. The monoisotopic (exact) mass is 405 g/mol. The van der Waals surface area contributed by atoms with E-state index in [0.29, 0.717) is 28.5 Å². The lowest BCUT2D eigenvalue weighted by Crippen LogP contribution is -2.15. The summed E-state index contributed by atoms with van der Waals surface area (Å²) >= 11 is 0. The second kappa shape index (κ2) is 6.62. The van der Waals surface area contributed by atoms with Crippen LogP contribution in [-0.4, -0.2) is 39.3 Å². The van der Waals surface area contributed by atoms with Crippen LogP contribution in [0.5, 0.6) is 17.2 Å². The number of hydrogen-bond acceptors (Lipinski definition) is 7. The summed E-state index contributed by atoms with van der Waals surface area (Å²) in [5, 5.41) is 0.